The number of hydrogen-bond acceptors (Lipinski definition) is 3. The maximum atomic E-state index is 12.2. The van der Waals surface area contributed by atoms with Crippen molar-refractivity contribution >= 4 is 28.7 Å². The topological polar surface area (TPSA) is 32.8 Å². The fraction of sp³-hybridized carbons (Fsp3) is 0.611. The lowest BCUT2D eigenvalue weighted by atomic mass is 10.0. The molecule has 0 aromatic heterocycles. The number of nitrogens with zero attached hydrogens (tertiary/aromatic N) is 2. The summed E-state index contributed by atoms with van der Waals surface area (Å²) in [5.41, 5.74) is 0.884. The van der Waals surface area contributed by atoms with Crippen LogP contribution in [0, 0.1) is 3.57 Å². The van der Waals surface area contributed by atoms with Crippen molar-refractivity contribution in [2.45, 2.75) is 52.3 Å². The van der Waals surface area contributed by atoms with Crippen LogP contribution in [0.4, 0.5) is 4.79 Å². The van der Waals surface area contributed by atoms with Crippen molar-refractivity contribution in [2.24, 2.45) is 0 Å². The summed E-state index contributed by atoms with van der Waals surface area (Å²) in [5, 5.41) is 0. The molecular weight excluding hydrogens is 403 g/mol. The number of rotatable bonds is 2. The third-order valence-corrected chi connectivity index (χ3v) is 4.90. The van der Waals surface area contributed by atoms with Crippen LogP contribution in [0.5, 0.6) is 0 Å². The summed E-state index contributed by atoms with van der Waals surface area (Å²) in [4.78, 5) is 16.5. The van der Waals surface area contributed by atoms with Gasteiger partial charge in [-0.1, -0.05) is 12.1 Å². The lowest BCUT2D eigenvalue weighted by molar-refractivity contribution is -0.000712. The minimum absolute atomic E-state index is 0.203. The van der Waals surface area contributed by atoms with Crippen molar-refractivity contribution in [1.29, 1.82) is 0 Å². The molecule has 1 saturated heterocycles. The van der Waals surface area contributed by atoms with E-state index in [1.54, 1.807) is 0 Å². The predicted octanol–water partition coefficient (Wildman–Crippen LogP) is 4.29. The first-order valence-electron chi connectivity index (χ1n) is 8.16. The largest absolute Gasteiger partial charge is 0.444 e. The minimum atomic E-state index is -0.439. The molecule has 1 aliphatic rings. The van der Waals surface area contributed by atoms with Crippen LogP contribution in [0.25, 0.3) is 0 Å². The van der Waals surface area contributed by atoms with Crippen LogP contribution in [-0.2, 0) is 4.74 Å². The Balaban J connectivity index is 1.98. The summed E-state index contributed by atoms with van der Waals surface area (Å²) < 4.78 is 6.74. The van der Waals surface area contributed by atoms with Crippen LogP contribution in [0.2, 0.25) is 0 Å². The standard InChI is InChI=1S/C18H27IN2O2/c1-13-12-20(17(22)23-18(3,4)5)10-11-21(13)14(2)15-6-8-16(19)9-7-15/h6-9,13-14H,10-12H2,1-5H3/t13-,14-/m0/s1. The van der Waals surface area contributed by atoms with E-state index in [-0.39, 0.29) is 6.09 Å². The van der Waals surface area contributed by atoms with Gasteiger partial charge in [0.2, 0.25) is 0 Å². The molecule has 0 unspecified atom stereocenters. The molecule has 1 heterocycles. The SMILES string of the molecule is C[C@H]1CN(C(=O)OC(C)(C)C)CCN1[C@@H](C)c1ccc(I)cc1. The van der Waals surface area contributed by atoms with E-state index in [9.17, 15) is 4.79 Å². The third kappa shape index (κ3) is 5.08. The molecule has 1 aromatic rings. The number of carbonyl (C=O) groups excluding carboxylic acids is 1. The summed E-state index contributed by atoms with van der Waals surface area (Å²) in [6.45, 7) is 12.4. The Kier molecular flexibility index (Phi) is 5.94. The van der Waals surface area contributed by atoms with Crippen LogP contribution in [0.3, 0.4) is 0 Å². The molecule has 1 aliphatic heterocycles. The fourth-order valence-electron chi connectivity index (χ4n) is 2.97. The molecule has 2 rings (SSSR count). The first kappa shape index (κ1) is 18.5. The van der Waals surface area contributed by atoms with Gasteiger partial charge in [-0.2, -0.15) is 0 Å². The maximum Gasteiger partial charge on any atom is 0.410 e. The van der Waals surface area contributed by atoms with Gasteiger partial charge in [-0.05, 0) is 74.9 Å². The van der Waals surface area contributed by atoms with Gasteiger partial charge in [-0.3, -0.25) is 4.90 Å². The van der Waals surface area contributed by atoms with Gasteiger partial charge in [-0.25, -0.2) is 4.79 Å². The van der Waals surface area contributed by atoms with E-state index in [1.807, 2.05) is 25.7 Å². The van der Waals surface area contributed by atoms with Crippen molar-refractivity contribution < 1.29 is 9.53 Å². The predicted molar refractivity (Wildman–Crippen MR) is 102 cm³/mol. The Morgan fingerprint density at radius 1 is 1.26 bits per heavy atom. The van der Waals surface area contributed by atoms with E-state index in [2.05, 4.69) is 65.6 Å². The quantitative estimate of drug-likeness (QED) is 0.657. The number of hydrogen-bond donors (Lipinski definition) is 0. The van der Waals surface area contributed by atoms with E-state index >= 15 is 0 Å². The van der Waals surface area contributed by atoms with Gasteiger partial charge in [0.1, 0.15) is 5.60 Å². The molecule has 23 heavy (non-hydrogen) atoms. The Hall–Kier alpha value is -0.820. The molecule has 0 spiro atoms. The highest BCUT2D eigenvalue weighted by atomic mass is 127. The fourth-order valence-corrected chi connectivity index (χ4v) is 3.33. The molecule has 5 heteroatoms. The average Bonchev–Trinajstić information content (AvgIpc) is 2.45. The first-order valence-corrected chi connectivity index (χ1v) is 9.24. The lowest BCUT2D eigenvalue weighted by Gasteiger charge is -2.43. The van der Waals surface area contributed by atoms with Crippen LogP contribution in [-0.4, -0.2) is 47.2 Å². The normalized spacial score (nSPS) is 21.1. The molecule has 0 aliphatic carbocycles. The zero-order valence-electron chi connectivity index (χ0n) is 14.7. The number of piperazine rings is 1. The van der Waals surface area contributed by atoms with Gasteiger partial charge < -0.3 is 9.64 Å². The summed E-state index contributed by atoms with van der Waals surface area (Å²) in [5.74, 6) is 0. The van der Waals surface area contributed by atoms with Gasteiger partial charge in [0.15, 0.2) is 0 Å². The van der Waals surface area contributed by atoms with Crippen LogP contribution in [0.1, 0.15) is 46.2 Å². The molecule has 0 bridgehead atoms. The Morgan fingerprint density at radius 2 is 1.87 bits per heavy atom. The second kappa shape index (κ2) is 7.38. The molecule has 0 radical (unpaired) electrons. The highest BCUT2D eigenvalue weighted by Gasteiger charge is 2.32. The molecular formula is C18H27IN2O2. The number of benzene rings is 1. The number of amides is 1. The Bertz CT molecular complexity index is 539. The molecule has 0 N–H and O–H groups in total. The number of ether oxygens (including phenoxy) is 1. The van der Waals surface area contributed by atoms with Crippen molar-refractivity contribution in [3.8, 4) is 0 Å². The summed E-state index contributed by atoms with van der Waals surface area (Å²) in [6.07, 6.45) is -0.203. The van der Waals surface area contributed by atoms with Crippen molar-refractivity contribution in [3.05, 3.63) is 33.4 Å². The second-order valence-electron chi connectivity index (χ2n) is 7.24. The molecule has 0 saturated carbocycles. The Labute approximate surface area is 153 Å². The molecule has 2 atom stereocenters. The zero-order chi connectivity index (χ0) is 17.2. The first-order chi connectivity index (χ1) is 10.7. The van der Waals surface area contributed by atoms with Crippen molar-refractivity contribution in [1.82, 2.24) is 9.80 Å². The Morgan fingerprint density at radius 3 is 2.39 bits per heavy atom. The van der Waals surface area contributed by atoms with Gasteiger partial charge in [-0.15, -0.1) is 0 Å². The van der Waals surface area contributed by atoms with Gasteiger partial charge in [0, 0.05) is 35.3 Å². The van der Waals surface area contributed by atoms with Gasteiger partial charge in [0.25, 0.3) is 0 Å². The van der Waals surface area contributed by atoms with Gasteiger partial charge >= 0.3 is 6.09 Å². The van der Waals surface area contributed by atoms with E-state index in [0.717, 1.165) is 6.54 Å². The summed E-state index contributed by atoms with van der Waals surface area (Å²) in [7, 11) is 0. The van der Waals surface area contributed by atoms with E-state index < -0.39 is 5.60 Å². The van der Waals surface area contributed by atoms with Crippen LogP contribution < -0.4 is 0 Å². The molecule has 128 valence electrons. The summed E-state index contributed by atoms with van der Waals surface area (Å²) >= 11 is 2.33. The summed E-state index contributed by atoms with van der Waals surface area (Å²) in [6, 6.07) is 9.34. The molecule has 4 nitrogen and oxygen atoms in total. The highest BCUT2D eigenvalue weighted by molar-refractivity contribution is 14.1. The number of halogens is 1. The lowest BCUT2D eigenvalue weighted by Crippen LogP contribution is -2.54. The van der Waals surface area contributed by atoms with Crippen LogP contribution >= 0.6 is 22.6 Å². The molecule has 1 amide bonds. The zero-order valence-corrected chi connectivity index (χ0v) is 16.8. The molecule has 1 fully saturated rings. The van der Waals surface area contributed by atoms with E-state index in [1.165, 1.54) is 9.13 Å². The monoisotopic (exact) mass is 430 g/mol. The van der Waals surface area contributed by atoms with Gasteiger partial charge in [0.05, 0.1) is 0 Å². The van der Waals surface area contributed by atoms with Crippen molar-refractivity contribution in [3.63, 3.8) is 0 Å². The van der Waals surface area contributed by atoms with E-state index in [0.29, 0.717) is 25.2 Å². The molecule has 1 aromatic carbocycles. The second-order valence-corrected chi connectivity index (χ2v) is 8.49. The maximum absolute atomic E-state index is 12.2. The number of carbonyl (C=O) groups is 1. The highest BCUT2D eigenvalue weighted by Crippen LogP contribution is 2.26. The third-order valence-electron chi connectivity index (χ3n) is 4.18. The average molecular weight is 430 g/mol. The van der Waals surface area contributed by atoms with Crippen LogP contribution in [0.15, 0.2) is 24.3 Å². The van der Waals surface area contributed by atoms with Crippen molar-refractivity contribution in [2.75, 3.05) is 19.6 Å². The minimum Gasteiger partial charge on any atom is -0.444 e. The smallest absolute Gasteiger partial charge is 0.410 e. The van der Waals surface area contributed by atoms with E-state index in [4.69, 9.17) is 4.74 Å².